The zero-order chi connectivity index (χ0) is 15.5. The highest BCUT2D eigenvalue weighted by molar-refractivity contribution is 5.93. The summed E-state index contributed by atoms with van der Waals surface area (Å²) in [5.41, 5.74) is 6.42. The summed E-state index contributed by atoms with van der Waals surface area (Å²) in [5.74, 6) is 0.837. The molecule has 1 amide bonds. The molecule has 0 atom stereocenters. The fourth-order valence-corrected chi connectivity index (χ4v) is 2.03. The third-order valence-corrected chi connectivity index (χ3v) is 3.14. The lowest BCUT2D eigenvalue weighted by Gasteiger charge is -2.23. The molecule has 0 heterocycles. The molecular weight excluding hydrogens is 268 g/mol. The number of nitrogens with two attached hydrogens (primary N) is 1. The van der Waals surface area contributed by atoms with Crippen molar-refractivity contribution in [1.82, 2.24) is 0 Å². The molecule has 0 spiro atoms. The van der Waals surface area contributed by atoms with Crippen LogP contribution in [0.25, 0.3) is 0 Å². The second-order valence-electron chi connectivity index (χ2n) is 4.69. The van der Waals surface area contributed by atoms with Gasteiger partial charge in [0.05, 0.1) is 7.11 Å². The van der Waals surface area contributed by atoms with Gasteiger partial charge in [-0.2, -0.15) is 0 Å². The maximum Gasteiger partial charge on any atom is 0.227 e. The van der Waals surface area contributed by atoms with Crippen molar-refractivity contribution >= 4 is 11.6 Å². The van der Waals surface area contributed by atoms with Gasteiger partial charge in [0, 0.05) is 37.9 Å². The molecule has 1 aromatic carbocycles. The van der Waals surface area contributed by atoms with Crippen molar-refractivity contribution in [2.45, 2.75) is 26.2 Å². The molecule has 5 nitrogen and oxygen atoms in total. The Labute approximate surface area is 127 Å². The quantitative estimate of drug-likeness (QED) is 0.672. The van der Waals surface area contributed by atoms with Crippen LogP contribution in [0, 0.1) is 0 Å². The molecule has 1 rings (SSSR count). The molecule has 1 aromatic rings. The maximum atomic E-state index is 12.4. The lowest BCUT2D eigenvalue weighted by atomic mass is 10.2. The average Bonchev–Trinajstić information content (AvgIpc) is 2.52. The summed E-state index contributed by atoms with van der Waals surface area (Å²) in [4.78, 5) is 14.2. The minimum Gasteiger partial charge on any atom is -0.497 e. The number of amides is 1. The summed E-state index contributed by atoms with van der Waals surface area (Å²) in [6.07, 6.45) is 1.98. The van der Waals surface area contributed by atoms with Crippen molar-refractivity contribution in [3.05, 3.63) is 24.3 Å². The van der Waals surface area contributed by atoms with E-state index in [-0.39, 0.29) is 5.91 Å². The van der Waals surface area contributed by atoms with Gasteiger partial charge in [0.25, 0.3) is 0 Å². The van der Waals surface area contributed by atoms with Crippen LogP contribution in [0.3, 0.4) is 0 Å². The Balaban J connectivity index is 2.71. The zero-order valence-electron chi connectivity index (χ0n) is 13.0. The van der Waals surface area contributed by atoms with Gasteiger partial charge in [-0.1, -0.05) is 6.07 Å². The summed E-state index contributed by atoms with van der Waals surface area (Å²) >= 11 is 0. The van der Waals surface area contributed by atoms with Gasteiger partial charge >= 0.3 is 0 Å². The summed E-state index contributed by atoms with van der Waals surface area (Å²) in [7, 11) is 1.62. The number of methoxy groups -OCH3 is 1. The summed E-state index contributed by atoms with van der Waals surface area (Å²) in [5, 5.41) is 0. The van der Waals surface area contributed by atoms with Gasteiger partial charge in [0.2, 0.25) is 5.91 Å². The molecule has 0 radical (unpaired) electrons. The second kappa shape index (κ2) is 10.2. The number of nitrogens with zero attached hydrogens (tertiary/aromatic N) is 1. The fourth-order valence-electron chi connectivity index (χ4n) is 2.03. The zero-order valence-corrected chi connectivity index (χ0v) is 13.0. The van der Waals surface area contributed by atoms with Crippen molar-refractivity contribution in [3.8, 4) is 5.75 Å². The molecular formula is C16H26N2O3. The number of benzene rings is 1. The summed E-state index contributed by atoms with van der Waals surface area (Å²) < 4.78 is 10.5. The number of hydrogen-bond donors (Lipinski definition) is 1. The first-order chi connectivity index (χ1) is 10.2. The van der Waals surface area contributed by atoms with Crippen LogP contribution in [0.5, 0.6) is 5.75 Å². The Hall–Kier alpha value is -1.59. The first kappa shape index (κ1) is 17.5. The van der Waals surface area contributed by atoms with Gasteiger partial charge in [0.1, 0.15) is 5.75 Å². The van der Waals surface area contributed by atoms with E-state index in [1.807, 2.05) is 31.2 Å². The molecule has 118 valence electrons. The van der Waals surface area contributed by atoms with Crippen molar-refractivity contribution in [2.24, 2.45) is 5.73 Å². The van der Waals surface area contributed by atoms with Crippen molar-refractivity contribution in [2.75, 3.05) is 38.3 Å². The second-order valence-corrected chi connectivity index (χ2v) is 4.69. The third-order valence-electron chi connectivity index (χ3n) is 3.14. The Bertz CT molecular complexity index is 424. The largest absolute Gasteiger partial charge is 0.497 e. The van der Waals surface area contributed by atoms with Crippen molar-refractivity contribution in [3.63, 3.8) is 0 Å². The number of ether oxygens (including phenoxy) is 2. The van der Waals surface area contributed by atoms with Crippen LogP contribution in [0.2, 0.25) is 0 Å². The lowest BCUT2D eigenvalue weighted by molar-refractivity contribution is -0.119. The summed E-state index contributed by atoms with van der Waals surface area (Å²) in [6, 6.07) is 7.54. The molecule has 0 aliphatic carbocycles. The minimum atomic E-state index is 0.0939. The Morgan fingerprint density at radius 1 is 1.33 bits per heavy atom. The highest BCUT2D eigenvalue weighted by atomic mass is 16.5. The smallest absolute Gasteiger partial charge is 0.227 e. The van der Waals surface area contributed by atoms with Crippen LogP contribution in [0.4, 0.5) is 5.69 Å². The van der Waals surface area contributed by atoms with E-state index >= 15 is 0 Å². The third kappa shape index (κ3) is 6.14. The molecule has 0 aliphatic heterocycles. The Morgan fingerprint density at radius 3 is 2.81 bits per heavy atom. The topological polar surface area (TPSA) is 64.8 Å². The van der Waals surface area contributed by atoms with Gasteiger partial charge in [-0.15, -0.1) is 0 Å². The van der Waals surface area contributed by atoms with Crippen LogP contribution in [-0.4, -0.2) is 39.3 Å². The number of carbonyl (C=O) groups excluding carboxylic acids is 1. The van der Waals surface area contributed by atoms with Gasteiger partial charge < -0.3 is 20.1 Å². The highest BCUT2D eigenvalue weighted by Gasteiger charge is 2.15. The van der Waals surface area contributed by atoms with Gasteiger partial charge in [-0.3, -0.25) is 4.79 Å². The first-order valence-corrected chi connectivity index (χ1v) is 7.45. The van der Waals surface area contributed by atoms with E-state index in [9.17, 15) is 4.79 Å². The average molecular weight is 294 g/mol. The number of rotatable bonds is 10. The Kier molecular flexibility index (Phi) is 8.47. The SMILES string of the molecule is CCOCCCC(=O)N(CCCN)c1cccc(OC)c1. The van der Waals surface area contributed by atoms with Crippen LogP contribution in [0.15, 0.2) is 24.3 Å². The van der Waals surface area contributed by atoms with Crippen LogP contribution in [-0.2, 0) is 9.53 Å². The molecule has 0 saturated carbocycles. The normalized spacial score (nSPS) is 10.4. The highest BCUT2D eigenvalue weighted by Crippen LogP contribution is 2.22. The molecule has 5 heteroatoms. The maximum absolute atomic E-state index is 12.4. The Morgan fingerprint density at radius 2 is 2.14 bits per heavy atom. The fraction of sp³-hybridized carbons (Fsp3) is 0.562. The first-order valence-electron chi connectivity index (χ1n) is 7.45. The van der Waals surface area contributed by atoms with E-state index in [1.54, 1.807) is 12.0 Å². The number of carbonyl (C=O) groups is 1. The molecule has 21 heavy (non-hydrogen) atoms. The van der Waals surface area contributed by atoms with Gasteiger partial charge in [0.15, 0.2) is 0 Å². The number of hydrogen-bond acceptors (Lipinski definition) is 4. The van der Waals surface area contributed by atoms with Crippen LogP contribution in [0.1, 0.15) is 26.2 Å². The van der Waals surface area contributed by atoms with Crippen molar-refractivity contribution < 1.29 is 14.3 Å². The lowest BCUT2D eigenvalue weighted by Crippen LogP contribution is -2.33. The van der Waals surface area contributed by atoms with E-state index in [4.69, 9.17) is 15.2 Å². The molecule has 0 aliphatic rings. The predicted molar refractivity (Wildman–Crippen MR) is 84.7 cm³/mol. The van der Waals surface area contributed by atoms with E-state index in [0.717, 1.165) is 24.3 Å². The predicted octanol–water partition coefficient (Wildman–Crippen LogP) is 2.19. The molecule has 0 bridgehead atoms. The molecule has 0 unspecified atom stereocenters. The van der Waals surface area contributed by atoms with Crippen LogP contribution >= 0.6 is 0 Å². The monoisotopic (exact) mass is 294 g/mol. The standard InChI is InChI=1S/C16H26N2O3/c1-3-21-12-5-9-16(19)18(11-6-10-17)14-7-4-8-15(13-14)20-2/h4,7-8,13H,3,5-6,9-12,17H2,1-2H3. The van der Waals surface area contributed by atoms with Crippen LogP contribution < -0.4 is 15.4 Å². The van der Waals surface area contributed by atoms with Gasteiger partial charge in [-0.25, -0.2) is 0 Å². The van der Waals surface area contributed by atoms with E-state index in [2.05, 4.69) is 0 Å². The minimum absolute atomic E-state index is 0.0939. The molecule has 0 fully saturated rings. The van der Waals surface area contributed by atoms with E-state index < -0.39 is 0 Å². The van der Waals surface area contributed by atoms with Gasteiger partial charge in [-0.05, 0) is 38.4 Å². The molecule has 0 saturated heterocycles. The number of anilines is 1. The van der Waals surface area contributed by atoms with E-state index in [1.165, 1.54) is 0 Å². The van der Waals surface area contributed by atoms with E-state index in [0.29, 0.717) is 32.7 Å². The molecule has 0 aromatic heterocycles. The summed E-state index contributed by atoms with van der Waals surface area (Å²) in [6.45, 7) is 4.43. The van der Waals surface area contributed by atoms with Crippen molar-refractivity contribution in [1.29, 1.82) is 0 Å². The molecule has 2 N–H and O–H groups in total.